The largest absolute Gasteiger partial charge is 0.328 e. The van der Waals surface area contributed by atoms with E-state index >= 15 is 0 Å². The first-order valence-corrected chi connectivity index (χ1v) is 6.68. The number of rotatable bonds is 1. The molecular weight excluding hydrogens is 296 g/mol. The van der Waals surface area contributed by atoms with Crippen LogP contribution in [0.3, 0.4) is 0 Å². The number of anilines is 1. The van der Waals surface area contributed by atoms with Gasteiger partial charge in [0.1, 0.15) is 6.34 Å². The fourth-order valence-electron chi connectivity index (χ4n) is 1.66. The first kappa shape index (κ1) is 10.00. The third-order valence-electron chi connectivity index (χ3n) is 2.52. The van der Waals surface area contributed by atoms with Crippen molar-refractivity contribution in [3.63, 3.8) is 0 Å². The maximum Gasteiger partial charge on any atom is 0.104 e. The number of benzene rings is 1. The van der Waals surface area contributed by atoms with E-state index < -0.39 is 0 Å². The van der Waals surface area contributed by atoms with Gasteiger partial charge in [0, 0.05) is 27.5 Å². The highest BCUT2D eigenvalue weighted by atomic mass is 79.9. The van der Waals surface area contributed by atoms with E-state index in [-0.39, 0.29) is 0 Å². The van der Waals surface area contributed by atoms with Crippen LogP contribution in [0, 0.1) is 0 Å². The molecule has 0 atom stereocenters. The molecule has 15 heavy (non-hydrogen) atoms. The molecular formula is C10H8BrClN2S. The van der Waals surface area contributed by atoms with Crippen LogP contribution in [0.15, 0.2) is 25.9 Å². The molecule has 0 radical (unpaired) electrons. The second-order valence-corrected chi connectivity index (χ2v) is 5.78. The van der Waals surface area contributed by atoms with Crippen molar-refractivity contribution in [2.45, 2.75) is 23.8 Å². The molecule has 3 rings (SSSR count). The third-order valence-corrected chi connectivity index (χ3v) is 4.44. The molecule has 1 heterocycles. The SMILES string of the molecule is Clc1cc(Br)c2c(c1)N(C1CC1)C=NS2. The Morgan fingerprint density at radius 2 is 2.27 bits per heavy atom. The zero-order chi connectivity index (χ0) is 10.4. The van der Waals surface area contributed by atoms with E-state index in [1.807, 2.05) is 18.5 Å². The lowest BCUT2D eigenvalue weighted by Crippen LogP contribution is -2.25. The molecule has 1 aromatic carbocycles. The molecule has 0 bridgehead atoms. The Morgan fingerprint density at radius 1 is 1.47 bits per heavy atom. The minimum Gasteiger partial charge on any atom is -0.328 e. The topological polar surface area (TPSA) is 15.6 Å². The van der Waals surface area contributed by atoms with Gasteiger partial charge in [-0.1, -0.05) is 11.6 Å². The lowest BCUT2D eigenvalue weighted by molar-refractivity contribution is 0.994. The van der Waals surface area contributed by atoms with E-state index in [4.69, 9.17) is 11.6 Å². The Labute approximate surface area is 106 Å². The standard InChI is InChI=1S/C10H8BrClN2S/c11-8-3-6(12)4-9-10(8)15-13-5-14(9)7-1-2-7/h3-5,7H,1-2H2. The van der Waals surface area contributed by atoms with Gasteiger partial charge in [-0.2, -0.15) is 0 Å². The third kappa shape index (κ3) is 1.79. The van der Waals surface area contributed by atoms with Crippen molar-refractivity contribution in [3.05, 3.63) is 21.6 Å². The van der Waals surface area contributed by atoms with Gasteiger partial charge in [-0.05, 0) is 40.9 Å². The van der Waals surface area contributed by atoms with Crippen molar-refractivity contribution in [1.29, 1.82) is 0 Å². The summed E-state index contributed by atoms with van der Waals surface area (Å²) in [6, 6.07) is 4.55. The number of hydrogen-bond donors (Lipinski definition) is 0. The van der Waals surface area contributed by atoms with Crippen LogP contribution in [-0.2, 0) is 0 Å². The summed E-state index contributed by atoms with van der Waals surface area (Å²) < 4.78 is 5.32. The van der Waals surface area contributed by atoms with Gasteiger partial charge in [0.2, 0.25) is 0 Å². The zero-order valence-corrected chi connectivity index (χ0v) is 10.9. The number of halogens is 2. The normalized spacial score (nSPS) is 19.2. The fourth-order valence-corrected chi connectivity index (χ4v) is 3.33. The van der Waals surface area contributed by atoms with E-state index in [9.17, 15) is 0 Å². The summed E-state index contributed by atoms with van der Waals surface area (Å²) in [6.07, 6.45) is 4.41. The second kappa shape index (κ2) is 3.68. The average molecular weight is 304 g/mol. The Kier molecular flexibility index (Phi) is 2.45. The van der Waals surface area contributed by atoms with Crippen molar-refractivity contribution in [2.75, 3.05) is 4.90 Å². The van der Waals surface area contributed by atoms with Crippen molar-refractivity contribution < 1.29 is 0 Å². The minimum atomic E-state index is 0.624. The van der Waals surface area contributed by atoms with Crippen LogP contribution < -0.4 is 4.90 Å². The van der Waals surface area contributed by atoms with Crippen LogP contribution >= 0.6 is 39.5 Å². The van der Waals surface area contributed by atoms with Crippen LogP contribution in [0.25, 0.3) is 0 Å². The molecule has 1 aliphatic carbocycles. The number of hydrogen-bond acceptors (Lipinski definition) is 3. The summed E-state index contributed by atoms with van der Waals surface area (Å²) >= 11 is 11.1. The summed E-state index contributed by atoms with van der Waals surface area (Å²) in [6.45, 7) is 0. The number of fused-ring (bicyclic) bond motifs is 1. The smallest absolute Gasteiger partial charge is 0.104 e. The first-order chi connectivity index (χ1) is 7.25. The van der Waals surface area contributed by atoms with E-state index in [0.717, 1.165) is 14.4 Å². The van der Waals surface area contributed by atoms with Gasteiger partial charge >= 0.3 is 0 Å². The van der Waals surface area contributed by atoms with Gasteiger partial charge in [-0.15, -0.1) is 0 Å². The molecule has 1 saturated carbocycles. The van der Waals surface area contributed by atoms with Crippen molar-refractivity contribution in [1.82, 2.24) is 0 Å². The van der Waals surface area contributed by atoms with Gasteiger partial charge in [0.25, 0.3) is 0 Å². The van der Waals surface area contributed by atoms with Crippen LogP contribution in [-0.4, -0.2) is 12.4 Å². The molecule has 78 valence electrons. The Morgan fingerprint density at radius 3 is 3.00 bits per heavy atom. The highest BCUT2D eigenvalue weighted by molar-refractivity contribution is 9.10. The second-order valence-electron chi connectivity index (χ2n) is 3.69. The van der Waals surface area contributed by atoms with Gasteiger partial charge in [0.05, 0.1) is 10.6 Å². The summed E-state index contributed by atoms with van der Waals surface area (Å²) in [5.41, 5.74) is 1.18. The molecule has 0 spiro atoms. The Balaban J connectivity index is 2.12. The van der Waals surface area contributed by atoms with Gasteiger partial charge in [-0.25, -0.2) is 4.40 Å². The maximum atomic E-state index is 6.06. The first-order valence-electron chi connectivity index (χ1n) is 4.73. The monoisotopic (exact) mass is 302 g/mol. The van der Waals surface area contributed by atoms with Gasteiger partial charge < -0.3 is 4.90 Å². The molecule has 5 heteroatoms. The molecule has 0 amide bonds. The summed E-state index contributed by atoms with van der Waals surface area (Å²) in [5, 5.41) is 0.766. The van der Waals surface area contributed by atoms with Crippen LogP contribution in [0.4, 0.5) is 5.69 Å². The van der Waals surface area contributed by atoms with Gasteiger partial charge in [-0.3, -0.25) is 0 Å². The van der Waals surface area contributed by atoms with E-state index in [1.165, 1.54) is 30.5 Å². The summed E-state index contributed by atoms with van der Waals surface area (Å²) in [7, 11) is 0. The summed E-state index contributed by atoms with van der Waals surface area (Å²) in [4.78, 5) is 3.39. The fraction of sp³-hybridized carbons (Fsp3) is 0.300. The van der Waals surface area contributed by atoms with E-state index in [0.29, 0.717) is 6.04 Å². The minimum absolute atomic E-state index is 0.624. The molecule has 0 N–H and O–H groups in total. The Hall–Kier alpha value is -0.190. The summed E-state index contributed by atoms with van der Waals surface area (Å²) in [5.74, 6) is 0. The van der Waals surface area contributed by atoms with Gasteiger partial charge in [0.15, 0.2) is 0 Å². The molecule has 0 aromatic heterocycles. The van der Waals surface area contributed by atoms with Crippen molar-refractivity contribution in [2.24, 2.45) is 4.40 Å². The average Bonchev–Trinajstić information content (AvgIpc) is 3.00. The van der Waals surface area contributed by atoms with E-state index in [2.05, 4.69) is 25.2 Å². The molecule has 0 unspecified atom stereocenters. The zero-order valence-electron chi connectivity index (χ0n) is 7.78. The lowest BCUT2D eigenvalue weighted by atomic mass is 10.3. The van der Waals surface area contributed by atoms with Crippen molar-refractivity contribution in [3.8, 4) is 0 Å². The van der Waals surface area contributed by atoms with Crippen molar-refractivity contribution >= 4 is 51.5 Å². The number of nitrogens with zero attached hydrogens (tertiary/aromatic N) is 2. The predicted octanol–water partition coefficient (Wildman–Crippen LogP) is 4.12. The quantitative estimate of drug-likeness (QED) is 0.725. The molecule has 2 nitrogen and oxygen atoms in total. The van der Waals surface area contributed by atoms with Crippen LogP contribution in [0.5, 0.6) is 0 Å². The van der Waals surface area contributed by atoms with E-state index in [1.54, 1.807) is 0 Å². The molecule has 1 fully saturated rings. The molecule has 0 saturated heterocycles. The highest BCUT2D eigenvalue weighted by Crippen LogP contribution is 2.44. The Bertz CT molecular complexity index is 445. The maximum absolute atomic E-state index is 6.06. The predicted molar refractivity (Wildman–Crippen MR) is 69.0 cm³/mol. The molecule has 1 aliphatic heterocycles. The highest BCUT2D eigenvalue weighted by Gasteiger charge is 2.32. The van der Waals surface area contributed by atoms with Crippen LogP contribution in [0.1, 0.15) is 12.8 Å². The molecule has 2 aliphatic rings. The van der Waals surface area contributed by atoms with Crippen LogP contribution in [0.2, 0.25) is 5.02 Å². The molecule has 1 aromatic rings. The lowest BCUT2D eigenvalue weighted by Gasteiger charge is -2.25.